The van der Waals surface area contributed by atoms with E-state index in [9.17, 15) is 4.79 Å². The molecule has 5 nitrogen and oxygen atoms in total. The maximum Gasteiger partial charge on any atom is 0.310 e. The number of aliphatic carboxylic acids is 1. The Labute approximate surface area is 107 Å². The van der Waals surface area contributed by atoms with Gasteiger partial charge in [-0.25, -0.2) is 0 Å². The van der Waals surface area contributed by atoms with Crippen molar-refractivity contribution in [2.75, 3.05) is 5.32 Å². The number of rotatable bonds is 3. The Bertz CT molecular complexity index is 479. The van der Waals surface area contributed by atoms with Gasteiger partial charge in [-0.1, -0.05) is 35.4 Å². The summed E-state index contributed by atoms with van der Waals surface area (Å²) in [4.78, 5) is 10.8. The van der Waals surface area contributed by atoms with Crippen molar-refractivity contribution in [2.24, 2.45) is 5.92 Å². The van der Waals surface area contributed by atoms with E-state index in [0.717, 1.165) is 0 Å². The summed E-state index contributed by atoms with van der Waals surface area (Å²) < 4.78 is 0. The van der Waals surface area contributed by atoms with Crippen LogP contribution in [0.15, 0.2) is 18.2 Å². The molecule has 1 aliphatic rings. The number of halogens is 2. The first-order chi connectivity index (χ1) is 8.06. The van der Waals surface area contributed by atoms with Crippen molar-refractivity contribution in [1.29, 1.82) is 0 Å². The summed E-state index contributed by atoms with van der Waals surface area (Å²) in [6, 6.07) is 1.47. The van der Waals surface area contributed by atoms with E-state index in [0.29, 0.717) is 12.1 Å². The average molecular weight is 274 g/mol. The predicted molar refractivity (Wildman–Crippen MR) is 64.3 cm³/mol. The maximum absolute atomic E-state index is 10.8. The van der Waals surface area contributed by atoms with E-state index in [1.165, 1.54) is 0 Å². The summed E-state index contributed by atoms with van der Waals surface area (Å²) in [7, 11) is 0. The van der Waals surface area contributed by atoms with E-state index < -0.39 is 11.9 Å². The Morgan fingerprint density at radius 3 is 2.82 bits per heavy atom. The first-order valence-corrected chi connectivity index (χ1v) is 5.68. The van der Waals surface area contributed by atoms with E-state index in [1.807, 2.05) is 0 Å². The fourth-order valence-corrected chi connectivity index (χ4v) is 1.94. The molecule has 2 rings (SSSR count). The average Bonchev–Trinajstić information content (AvgIpc) is 2.72. The molecule has 2 unspecified atom stereocenters. The first kappa shape index (κ1) is 12.1. The van der Waals surface area contributed by atoms with Crippen LogP contribution in [-0.4, -0.2) is 27.3 Å². The van der Waals surface area contributed by atoms with Crippen LogP contribution in [0.25, 0.3) is 0 Å². The summed E-state index contributed by atoms with van der Waals surface area (Å²) in [5.41, 5.74) is 0.548. The fourth-order valence-electron chi connectivity index (χ4n) is 1.64. The van der Waals surface area contributed by atoms with Gasteiger partial charge in [-0.05, 0) is 6.42 Å². The van der Waals surface area contributed by atoms with E-state index in [1.54, 1.807) is 18.2 Å². The topological polar surface area (TPSA) is 75.1 Å². The van der Waals surface area contributed by atoms with Crippen molar-refractivity contribution >= 4 is 34.9 Å². The normalized spacial score (nSPS) is 22.7. The lowest BCUT2D eigenvalue weighted by Gasteiger charge is -2.13. The molecule has 1 heterocycles. The summed E-state index contributed by atoms with van der Waals surface area (Å²) in [6.45, 7) is 0. The molecule has 90 valence electrons. The van der Waals surface area contributed by atoms with E-state index in [-0.39, 0.29) is 16.3 Å². The van der Waals surface area contributed by atoms with Gasteiger partial charge in [0.05, 0.1) is 11.6 Å². The van der Waals surface area contributed by atoms with Crippen molar-refractivity contribution < 1.29 is 9.90 Å². The zero-order valence-electron chi connectivity index (χ0n) is 8.60. The Kier molecular flexibility index (Phi) is 3.49. The first-order valence-electron chi connectivity index (χ1n) is 4.92. The number of carbonyl (C=O) groups is 1. The Hall–Kier alpha value is -1.33. The van der Waals surface area contributed by atoms with Crippen LogP contribution in [0.5, 0.6) is 0 Å². The molecule has 2 N–H and O–H groups in total. The summed E-state index contributed by atoms with van der Waals surface area (Å²) in [5.74, 6) is -1.29. The molecule has 0 aromatic carbocycles. The van der Waals surface area contributed by atoms with Crippen molar-refractivity contribution in [2.45, 2.75) is 12.5 Å². The summed E-state index contributed by atoms with van der Waals surface area (Å²) in [5, 5.41) is 19.6. The Balaban J connectivity index is 2.06. The minimum atomic E-state index is -0.831. The molecule has 0 saturated carbocycles. The molecule has 0 saturated heterocycles. The smallest absolute Gasteiger partial charge is 0.310 e. The van der Waals surface area contributed by atoms with Crippen molar-refractivity contribution in [3.8, 4) is 0 Å². The van der Waals surface area contributed by atoms with Crippen LogP contribution in [-0.2, 0) is 4.79 Å². The lowest BCUT2D eigenvalue weighted by molar-refractivity contribution is -0.140. The highest BCUT2D eigenvalue weighted by atomic mass is 35.5. The van der Waals surface area contributed by atoms with Crippen LogP contribution in [0.1, 0.15) is 6.42 Å². The van der Waals surface area contributed by atoms with Gasteiger partial charge in [-0.3, -0.25) is 4.79 Å². The molecule has 0 radical (unpaired) electrons. The van der Waals surface area contributed by atoms with E-state index >= 15 is 0 Å². The minimum Gasteiger partial charge on any atom is -0.481 e. The van der Waals surface area contributed by atoms with Gasteiger partial charge in [0.15, 0.2) is 10.3 Å². The molecule has 7 heteroatoms. The van der Waals surface area contributed by atoms with Crippen LogP contribution in [0.2, 0.25) is 10.3 Å². The van der Waals surface area contributed by atoms with Gasteiger partial charge in [0, 0.05) is 12.1 Å². The molecule has 17 heavy (non-hydrogen) atoms. The second-order valence-corrected chi connectivity index (χ2v) is 4.43. The van der Waals surface area contributed by atoms with Crippen molar-refractivity contribution in [3.05, 3.63) is 28.5 Å². The number of carboxylic acid groups (broad SMARTS) is 1. The van der Waals surface area contributed by atoms with Crippen LogP contribution in [0.4, 0.5) is 5.69 Å². The number of nitrogens with one attached hydrogen (secondary N) is 1. The lowest BCUT2D eigenvalue weighted by atomic mass is 10.1. The minimum absolute atomic E-state index is 0.0890. The standard InChI is InChI=1S/C10H9Cl2N3O2/c11-8-4-7(9(12)15-14-8)13-6-2-1-5(3-6)10(16)17/h1-2,4-6H,3H2,(H,13,14)(H,16,17). The number of anilines is 1. The zero-order valence-corrected chi connectivity index (χ0v) is 10.1. The molecular weight excluding hydrogens is 265 g/mol. The number of hydrogen-bond acceptors (Lipinski definition) is 4. The van der Waals surface area contributed by atoms with Gasteiger partial charge in [-0.15, -0.1) is 10.2 Å². The molecule has 0 amide bonds. The van der Waals surface area contributed by atoms with Gasteiger partial charge in [-0.2, -0.15) is 0 Å². The van der Waals surface area contributed by atoms with Crippen molar-refractivity contribution in [1.82, 2.24) is 10.2 Å². The highest BCUT2D eigenvalue weighted by Gasteiger charge is 2.24. The van der Waals surface area contributed by atoms with Crippen LogP contribution in [0.3, 0.4) is 0 Å². The summed E-state index contributed by atoms with van der Waals surface area (Å²) in [6.07, 6.45) is 3.93. The highest BCUT2D eigenvalue weighted by molar-refractivity contribution is 6.33. The third-order valence-electron chi connectivity index (χ3n) is 2.46. The molecule has 0 bridgehead atoms. The van der Waals surface area contributed by atoms with E-state index in [4.69, 9.17) is 28.3 Å². The Morgan fingerprint density at radius 1 is 1.41 bits per heavy atom. The maximum atomic E-state index is 10.8. The van der Waals surface area contributed by atoms with Gasteiger partial charge >= 0.3 is 5.97 Å². The molecular formula is C10H9Cl2N3O2. The zero-order chi connectivity index (χ0) is 12.4. The Morgan fingerprint density at radius 2 is 2.18 bits per heavy atom. The number of aromatic nitrogens is 2. The number of hydrogen-bond donors (Lipinski definition) is 2. The summed E-state index contributed by atoms with van der Waals surface area (Å²) >= 11 is 11.5. The quantitative estimate of drug-likeness (QED) is 0.826. The highest BCUT2D eigenvalue weighted by Crippen LogP contribution is 2.26. The van der Waals surface area contributed by atoms with Crippen LogP contribution < -0.4 is 5.32 Å². The molecule has 2 atom stereocenters. The van der Waals surface area contributed by atoms with Gasteiger partial charge in [0.1, 0.15) is 0 Å². The van der Waals surface area contributed by atoms with E-state index in [2.05, 4.69) is 15.5 Å². The molecule has 0 aliphatic heterocycles. The van der Waals surface area contributed by atoms with Gasteiger partial charge < -0.3 is 10.4 Å². The molecule has 1 aliphatic carbocycles. The second kappa shape index (κ2) is 4.89. The van der Waals surface area contributed by atoms with Crippen LogP contribution in [0, 0.1) is 5.92 Å². The predicted octanol–water partition coefficient (Wildman–Crippen LogP) is 2.22. The largest absolute Gasteiger partial charge is 0.481 e. The molecule has 0 spiro atoms. The van der Waals surface area contributed by atoms with Crippen molar-refractivity contribution in [3.63, 3.8) is 0 Å². The van der Waals surface area contributed by atoms with Gasteiger partial charge in [0.25, 0.3) is 0 Å². The fraction of sp³-hybridized carbons (Fsp3) is 0.300. The van der Waals surface area contributed by atoms with Gasteiger partial charge in [0.2, 0.25) is 0 Å². The molecule has 1 aromatic heterocycles. The monoisotopic (exact) mass is 273 g/mol. The van der Waals surface area contributed by atoms with Crippen LogP contribution >= 0.6 is 23.2 Å². The molecule has 1 aromatic rings. The second-order valence-electron chi connectivity index (χ2n) is 3.69. The lowest BCUT2D eigenvalue weighted by Crippen LogP contribution is -2.19. The molecule has 0 fully saturated rings. The number of carboxylic acids is 1. The third-order valence-corrected chi connectivity index (χ3v) is 2.92. The number of nitrogens with zero attached hydrogens (tertiary/aromatic N) is 2. The third kappa shape index (κ3) is 2.87. The SMILES string of the molecule is O=C(O)C1C=CC(Nc2cc(Cl)nnc2Cl)C1.